The molecule has 3 N–H and O–H groups in total. The fourth-order valence-electron chi connectivity index (χ4n) is 2.53. The second kappa shape index (κ2) is 7.43. The van der Waals surface area contributed by atoms with Gasteiger partial charge in [-0.2, -0.15) is 0 Å². The Morgan fingerprint density at radius 1 is 1.35 bits per heavy atom. The van der Waals surface area contributed by atoms with Crippen LogP contribution in [0.5, 0.6) is 0 Å². The summed E-state index contributed by atoms with van der Waals surface area (Å²) in [5.74, 6) is -0.0453. The second-order valence-corrected chi connectivity index (χ2v) is 6.42. The summed E-state index contributed by atoms with van der Waals surface area (Å²) in [7, 11) is 0. The Hall–Kier alpha value is -0.580. The lowest BCUT2D eigenvalue weighted by Crippen LogP contribution is -2.51. The Kier molecular flexibility index (Phi) is 6.49. The smallest absolute Gasteiger partial charge is 0.251 e. The first-order chi connectivity index (χ1) is 9.00. The zero-order chi connectivity index (χ0) is 13.9. The molecule has 1 aliphatic rings. The second-order valence-electron chi connectivity index (χ2n) is 5.57. The number of carbonyl (C=O) groups is 1. The summed E-state index contributed by atoms with van der Waals surface area (Å²) in [6, 6.07) is 5.64. The molecule has 1 aromatic rings. The van der Waals surface area contributed by atoms with Gasteiger partial charge >= 0.3 is 0 Å². The van der Waals surface area contributed by atoms with E-state index in [1.54, 1.807) is 0 Å². The van der Waals surface area contributed by atoms with Crippen molar-refractivity contribution in [3.05, 3.63) is 33.8 Å². The average Bonchev–Trinajstić information content (AvgIpc) is 2.40. The lowest BCUT2D eigenvalue weighted by molar-refractivity contribution is 0.0937. The van der Waals surface area contributed by atoms with Crippen LogP contribution in [0.2, 0.25) is 0 Å². The first-order valence-corrected chi connectivity index (χ1v) is 7.63. The number of hydrogen-bond donors (Lipinski definition) is 2. The Balaban J connectivity index is 0.00000200. The van der Waals surface area contributed by atoms with Gasteiger partial charge in [0.15, 0.2) is 0 Å². The molecule has 0 saturated heterocycles. The SMILES string of the molecule is Cc1ccc(C(=O)NCC2(N)CCCCC2)cc1Br.Cl. The number of nitrogens with one attached hydrogen (secondary N) is 1. The molecule has 1 aliphatic carbocycles. The van der Waals surface area contributed by atoms with Crippen LogP contribution in [0.3, 0.4) is 0 Å². The number of aryl methyl sites for hydroxylation is 1. The number of carbonyl (C=O) groups excluding carboxylic acids is 1. The molecule has 0 unspecified atom stereocenters. The lowest BCUT2D eigenvalue weighted by Gasteiger charge is -2.33. The molecule has 0 heterocycles. The highest BCUT2D eigenvalue weighted by Gasteiger charge is 2.27. The van der Waals surface area contributed by atoms with E-state index in [1.807, 2.05) is 25.1 Å². The molecule has 0 radical (unpaired) electrons. The summed E-state index contributed by atoms with van der Waals surface area (Å²) in [6.07, 6.45) is 5.61. The van der Waals surface area contributed by atoms with Gasteiger partial charge in [0, 0.05) is 22.1 Å². The minimum Gasteiger partial charge on any atom is -0.350 e. The predicted molar refractivity (Wildman–Crippen MR) is 88.5 cm³/mol. The number of halogens is 2. The van der Waals surface area contributed by atoms with Gasteiger partial charge in [0.1, 0.15) is 0 Å². The zero-order valence-corrected chi connectivity index (χ0v) is 14.1. The van der Waals surface area contributed by atoms with Crippen LogP contribution < -0.4 is 11.1 Å². The monoisotopic (exact) mass is 360 g/mol. The van der Waals surface area contributed by atoms with Crippen LogP contribution in [0.4, 0.5) is 0 Å². The van der Waals surface area contributed by atoms with E-state index in [1.165, 1.54) is 19.3 Å². The van der Waals surface area contributed by atoms with E-state index in [4.69, 9.17) is 5.73 Å². The fourth-order valence-corrected chi connectivity index (χ4v) is 2.90. The van der Waals surface area contributed by atoms with Crippen molar-refractivity contribution in [2.45, 2.75) is 44.6 Å². The highest BCUT2D eigenvalue weighted by atomic mass is 79.9. The fraction of sp³-hybridized carbons (Fsp3) is 0.533. The van der Waals surface area contributed by atoms with Crippen molar-refractivity contribution < 1.29 is 4.79 Å². The van der Waals surface area contributed by atoms with E-state index in [-0.39, 0.29) is 23.9 Å². The summed E-state index contributed by atoms with van der Waals surface area (Å²) >= 11 is 3.45. The van der Waals surface area contributed by atoms with E-state index in [0.29, 0.717) is 12.1 Å². The summed E-state index contributed by atoms with van der Waals surface area (Å²) in [4.78, 5) is 12.1. The van der Waals surface area contributed by atoms with Crippen molar-refractivity contribution in [2.75, 3.05) is 6.54 Å². The topological polar surface area (TPSA) is 55.1 Å². The lowest BCUT2D eigenvalue weighted by atomic mass is 9.82. The summed E-state index contributed by atoms with van der Waals surface area (Å²) < 4.78 is 0.959. The third kappa shape index (κ3) is 4.47. The van der Waals surface area contributed by atoms with Crippen molar-refractivity contribution in [1.82, 2.24) is 5.32 Å². The number of rotatable bonds is 3. The molecular weight excluding hydrogens is 340 g/mol. The van der Waals surface area contributed by atoms with E-state index in [0.717, 1.165) is 22.9 Å². The van der Waals surface area contributed by atoms with Gasteiger partial charge in [-0.1, -0.05) is 41.3 Å². The van der Waals surface area contributed by atoms with Crippen LogP contribution in [0.15, 0.2) is 22.7 Å². The minimum atomic E-state index is -0.212. The van der Waals surface area contributed by atoms with Gasteiger partial charge in [-0.3, -0.25) is 4.79 Å². The van der Waals surface area contributed by atoms with E-state index < -0.39 is 0 Å². The molecule has 0 aromatic heterocycles. The number of amides is 1. The van der Waals surface area contributed by atoms with Crippen LogP contribution in [0.1, 0.15) is 48.0 Å². The molecular formula is C15H22BrClN2O. The van der Waals surface area contributed by atoms with Crippen LogP contribution >= 0.6 is 28.3 Å². The maximum Gasteiger partial charge on any atom is 0.251 e. The molecule has 0 aliphatic heterocycles. The van der Waals surface area contributed by atoms with Crippen molar-refractivity contribution >= 4 is 34.2 Å². The first-order valence-electron chi connectivity index (χ1n) is 6.83. The number of hydrogen-bond acceptors (Lipinski definition) is 2. The number of nitrogens with two attached hydrogens (primary N) is 1. The Morgan fingerprint density at radius 2 is 2.00 bits per heavy atom. The Morgan fingerprint density at radius 3 is 2.60 bits per heavy atom. The third-order valence-corrected chi connectivity index (χ3v) is 4.74. The maximum absolute atomic E-state index is 12.1. The molecule has 112 valence electrons. The molecule has 5 heteroatoms. The molecule has 1 fully saturated rings. The molecule has 0 spiro atoms. The van der Waals surface area contributed by atoms with Crippen molar-refractivity contribution in [3.8, 4) is 0 Å². The Labute approximate surface area is 135 Å². The van der Waals surface area contributed by atoms with Crippen LogP contribution in [0.25, 0.3) is 0 Å². The van der Waals surface area contributed by atoms with Gasteiger partial charge in [0.2, 0.25) is 0 Å². The predicted octanol–water partition coefficient (Wildman–Crippen LogP) is 3.57. The molecule has 20 heavy (non-hydrogen) atoms. The molecule has 0 atom stereocenters. The maximum atomic E-state index is 12.1. The zero-order valence-electron chi connectivity index (χ0n) is 11.7. The molecule has 1 amide bonds. The number of benzene rings is 1. The van der Waals surface area contributed by atoms with Gasteiger partial charge in [-0.05, 0) is 37.5 Å². The largest absolute Gasteiger partial charge is 0.350 e. The highest BCUT2D eigenvalue weighted by Crippen LogP contribution is 2.25. The third-order valence-electron chi connectivity index (χ3n) is 3.88. The van der Waals surface area contributed by atoms with Crippen LogP contribution in [-0.2, 0) is 0 Å². The molecule has 1 saturated carbocycles. The summed E-state index contributed by atoms with van der Waals surface area (Å²) in [6.45, 7) is 2.57. The quantitative estimate of drug-likeness (QED) is 0.864. The summed E-state index contributed by atoms with van der Waals surface area (Å²) in [5.41, 5.74) is 7.90. The van der Waals surface area contributed by atoms with Gasteiger partial charge < -0.3 is 11.1 Å². The summed E-state index contributed by atoms with van der Waals surface area (Å²) in [5, 5.41) is 2.97. The molecule has 0 bridgehead atoms. The van der Waals surface area contributed by atoms with Crippen LogP contribution in [0, 0.1) is 6.92 Å². The van der Waals surface area contributed by atoms with Crippen LogP contribution in [-0.4, -0.2) is 18.0 Å². The standard InChI is InChI=1S/C15H21BrN2O.ClH/c1-11-5-6-12(9-13(11)16)14(19)18-10-15(17)7-3-2-4-8-15;/h5-6,9H,2-4,7-8,10,17H2,1H3,(H,18,19);1H. The van der Waals surface area contributed by atoms with Gasteiger partial charge in [0.05, 0.1) is 0 Å². The minimum absolute atomic E-state index is 0. The highest BCUT2D eigenvalue weighted by molar-refractivity contribution is 9.10. The molecule has 2 rings (SSSR count). The van der Waals surface area contributed by atoms with Gasteiger partial charge in [-0.15, -0.1) is 12.4 Å². The first kappa shape index (κ1) is 17.5. The normalized spacial score (nSPS) is 17.1. The molecule has 1 aromatic carbocycles. The van der Waals surface area contributed by atoms with Gasteiger partial charge in [0.25, 0.3) is 5.91 Å². The average molecular weight is 362 g/mol. The Bertz CT molecular complexity index is 473. The van der Waals surface area contributed by atoms with Gasteiger partial charge in [-0.25, -0.2) is 0 Å². The molecule has 3 nitrogen and oxygen atoms in total. The van der Waals surface area contributed by atoms with E-state index >= 15 is 0 Å². The van der Waals surface area contributed by atoms with Crippen molar-refractivity contribution in [3.63, 3.8) is 0 Å². The van der Waals surface area contributed by atoms with Crippen molar-refractivity contribution in [2.24, 2.45) is 5.73 Å². The van der Waals surface area contributed by atoms with E-state index in [2.05, 4.69) is 21.2 Å². The van der Waals surface area contributed by atoms with Crippen molar-refractivity contribution in [1.29, 1.82) is 0 Å². The van der Waals surface area contributed by atoms with E-state index in [9.17, 15) is 4.79 Å².